The average molecular weight is 541 g/mol. The van der Waals surface area contributed by atoms with Crippen molar-refractivity contribution in [1.29, 1.82) is 0 Å². The number of aryl methyl sites for hydroxylation is 1. The number of benzene rings is 2. The first-order valence-corrected chi connectivity index (χ1v) is 11.6. The van der Waals surface area contributed by atoms with Crippen LogP contribution in [-0.4, -0.2) is 57.8 Å². The van der Waals surface area contributed by atoms with E-state index in [1.54, 1.807) is 46.8 Å². The summed E-state index contributed by atoms with van der Waals surface area (Å²) in [7, 11) is 1.76. The number of amides is 3. The number of aromatic amines is 1. The van der Waals surface area contributed by atoms with E-state index >= 15 is 0 Å². The van der Waals surface area contributed by atoms with Crippen LogP contribution in [0.25, 0.3) is 22.3 Å². The van der Waals surface area contributed by atoms with E-state index in [4.69, 9.17) is 4.74 Å². The predicted octanol–water partition coefficient (Wildman–Crippen LogP) is 3.40. The number of urea groups is 1. The fourth-order valence-corrected chi connectivity index (χ4v) is 4.41. The molecular formula is C23H21BrN6O5. The lowest BCUT2D eigenvalue weighted by molar-refractivity contribution is 0.0565. The molecule has 5 rings (SSSR count). The number of rotatable bonds is 4. The van der Waals surface area contributed by atoms with Gasteiger partial charge in [0.2, 0.25) is 0 Å². The van der Waals surface area contributed by atoms with E-state index in [9.17, 15) is 14.4 Å². The van der Waals surface area contributed by atoms with Crippen LogP contribution in [0.3, 0.4) is 0 Å². The van der Waals surface area contributed by atoms with Crippen LogP contribution in [0.15, 0.2) is 56.3 Å². The van der Waals surface area contributed by atoms with Gasteiger partial charge in [-0.3, -0.25) is 14.3 Å². The van der Waals surface area contributed by atoms with Crippen LogP contribution >= 0.6 is 15.9 Å². The number of halogens is 1. The number of aromatic nitrogens is 3. The minimum atomic E-state index is -0.697. The zero-order valence-corrected chi connectivity index (χ0v) is 20.2. The van der Waals surface area contributed by atoms with Crippen LogP contribution in [0.4, 0.5) is 16.2 Å². The van der Waals surface area contributed by atoms with Gasteiger partial charge in [-0.05, 0) is 30.3 Å². The van der Waals surface area contributed by atoms with Crippen molar-refractivity contribution >= 4 is 50.1 Å². The molecule has 0 radical (unpaired) electrons. The molecule has 180 valence electrons. The van der Waals surface area contributed by atoms with Crippen LogP contribution < -0.4 is 16.4 Å². The molecule has 2 aromatic heterocycles. The van der Waals surface area contributed by atoms with Gasteiger partial charge in [-0.25, -0.2) is 9.59 Å². The number of anilines is 2. The summed E-state index contributed by atoms with van der Waals surface area (Å²) in [5.74, 6) is -0.877. The molecule has 0 saturated carbocycles. The summed E-state index contributed by atoms with van der Waals surface area (Å²) in [5.41, 5.74) is 2.63. The molecule has 0 unspecified atom stereocenters. The molecule has 2 aromatic carbocycles. The van der Waals surface area contributed by atoms with E-state index in [2.05, 4.69) is 41.2 Å². The van der Waals surface area contributed by atoms with Gasteiger partial charge < -0.3 is 24.8 Å². The van der Waals surface area contributed by atoms with Crippen LogP contribution in [0.5, 0.6) is 0 Å². The van der Waals surface area contributed by atoms with E-state index < -0.39 is 5.76 Å². The Morgan fingerprint density at radius 2 is 1.89 bits per heavy atom. The van der Waals surface area contributed by atoms with Crippen LogP contribution in [0, 0.1) is 0 Å². The number of carbonyl (C=O) groups is 2. The normalized spacial score (nSPS) is 13.7. The standard InChI is InChI=1S/C23H21BrN6O5/c1-29-18(21(31)25-16-6-5-14(24)12-15(16)20-27-23(33)35-28-20)11-13-3-2-4-17(19(13)29)26-22(32)30-7-9-34-10-8-30/h2-6,11-12H,7-10H2,1H3,(H,25,31)(H,26,32)(H,27,28,33). The van der Waals surface area contributed by atoms with Crippen molar-refractivity contribution in [2.75, 3.05) is 36.9 Å². The molecule has 1 aliphatic rings. The summed E-state index contributed by atoms with van der Waals surface area (Å²) in [6.45, 7) is 2.06. The number of fused-ring (bicyclic) bond motifs is 1. The highest BCUT2D eigenvalue weighted by Crippen LogP contribution is 2.30. The number of hydrogen-bond acceptors (Lipinski definition) is 6. The molecule has 35 heavy (non-hydrogen) atoms. The largest absolute Gasteiger partial charge is 0.439 e. The Morgan fingerprint density at radius 3 is 2.63 bits per heavy atom. The third kappa shape index (κ3) is 4.57. The van der Waals surface area contributed by atoms with E-state index in [1.165, 1.54) is 0 Å². The molecule has 11 nitrogen and oxygen atoms in total. The van der Waals surface area contributed by atoms with Crippen LogP contribution in [-0.2, 0) is 11.8 Å². The maximum Gasteiger partial charge on any atom is 0.439 e. The summed E-state index contributed by atoms with van der Waals surface area (Å²) in [4.78, 5) is 41.6. The Labute approximate surface area is 207 Å². The van der Waals surface area contributed by atoms with Gasteiger partial charge in [0.05, 0.1) is 30.1 Å². The maximum atomic E-state index is 13.3. The minimum Gasteiger partial charge on any atom is -0.378 e. The summed E-state index contributed by atoms with van der Waals surface area (Å²) in [6.07, 6.45) is 0. The summed E-state index contributed by atoms with van der Waals surface area (Å²) >= 11 is 3.39. The predicted molar refractivity (Wildman–Crippen MR) is 133 cm³/mol. The van der Waals surface area contributed by atoms with Gasteiger partial charge >= 0.3 is 11.8 Å². The fraction of sp³-hybridized carbons (Fsp3) is 0.217. The smallest absolute Gasteiger partial charge is 0.378 e. The lowest BCUT2D eigenvalue weighted by Gasteiger charge is -2.27. The molecule has 3 heterocycles. The highest BCUT2D eigenvalue weighted by atomic mass is 79.9. The molecule has 0 aliphatic carbocycles. The lowest BCUT2D eigenvalue weighted by Crippen LogP contribution is -2.43. The first-order valence-electron chi connectivity index (χ1n) is 10.8. The number of H-pyrrole nitrogens is 1. The third-order valence-electron chi connectivity index (χ3n) is 5.75. The highest BCUT2D eigenvalue weighted by molar-refractivity contribution is 9.10. The number of hydrogen-bond donors (Lipinski definition) is 3. The average Bonchev–Trinajstić information content (AvgIpc) is 3.44. The van der Waals surface area contributed by atoms with Crippen molar-refractivity contribution < 1.29 is 18.8 Å². The van der Waals surface area contributed by atoms with Gasteiger partial charge in [0, 0.05) is 35.6 Å². The zero-order chi connectivity index (χ0) is 24.5. The van der Waals surface area contributed by atoms with Gasteiger partial charge in [0.1, 0.15) is 5.69 Å². The molecule has 0 spiro atoms. The lowest BCUT2D eigenvalue weighted by atomic mass is 10.1. The van der Waals surface area contributed by atoms with Gasteiger partial charge in [0.15, 0.2) is 5.82 Å². The van der Waals surface area contributed by atoms with Gasteiger partial charge in [0.25, 0.3) is 5.91 Å². The van der Waals surface area contributed by atoms with Crippen molar-refractivity contribution in [1.82, 2.24) is 19.6 Å². The van der Waals surface area contributed by atoms with Crippen LogP contribution in [0.1, 0.15) is 10.5 Å². The molecule has 0 bridgehead atoms. The Kier molecular flexibility index (Phi) is 6.14. The molecule has 0 atom stereocenters. The number of para-hydroxylation sites is 1. The van der Waals surface area contributed by atoms with Crippen molar-refractivity contribution in [3.8, 4) is 11.4 Å². The van der Waals surface area contributed by atoms with Gasteiger partial charge in [-0.1, -0.05) is 33.2 Å². The SMILES string of the molecule is Cn1c(C(=O)Nc2ccc(Br)cc2-c2noc(=O)[nH]2)cc2cccc(NC(=O)N3CCOCC3)c21. The topological polar surface area (TPSA) is 134 Å². The Morgan fingerprint density at radius 1 is 1.09 bits per heavy atom. The van der Waals surface area contributed by atoms with Crippen molar-refractivity contribution in [2.24, 2.45) is 7.05 Å². The quantitative estimate of drug-likeness (QED) is 0.363. The summed E-state index contributed by atoms with van der Waals surface area (Å²) in [6, 6.07) is 12.2. The Bertz CT molecular complexity index is 1480. The molecule has 1 saturated heterocycles. The van der Waals surface area contributed by atoms with E-state index in [0.29, 0.717) is 48.9 Å². The number of morpholine rings is 1. The monoisotopic (exact) mass is 540 g/mol. The first-order chi connectivity index (χ1) is 16.9. The second-order valence-corrected chi connectivity index (χ2v) is 8.86. The molecule has 3 amide bonds. The number of nitrogens with one attached hydrogen (secondary N) is 3. The van der Waals surface area contributed by atoms with Crippen molar-refractivity contribution in [2.45, 2.75) is 0 Å². The highest BCUT2D eigenvalue weighted by Gasteiger charge is 2.21. The Hall–Kier alpha value is -3.90. The van der Waals surface area contributed by atoms with Crippen LogP contribution in [0.2, 0.25) is 0 Å². The molecule has 4 aromatic rings. The fourth-order valence-electron chi connectivity index (χ4n) is 4.05. The Balaban J connectivity index is 1.45. The van der Waals surface area contributed by atoms with E-state index in [0.717, 1.165) is 15.4 Å². The molecule has 1 fully saturated rings. The minimum absolute atomic E-state index is 0.191. The second-order valence-electron chi connectivity index (χ2n) is 7.95. The first kappa shape index (κ1) is 22.9. The molecule has 1 aliphatic heterocycles. The van der Waals surface area contributed by atoms with E-state index in [1.807, 2.05) is 12.1 Å². The van der Waals surface area contributed by atoms with Gasteiger partial charge in [-0.2, -0.15) is 0 Å². The second kappa shape index (κ2) is 9.39. The van der Waals surface area contributed by atoms with Gasteiger partial charge in [-0.15, -0.1) is 0 Å². The van der Waals surface area contributed by atoms with E-state index in [-0.39, 0.29) is 17.8 Å². The molecule has 12 heteroatoms. The number of carbonyl (C=O) groups excluding carboxylic acids is 2. The summed E-state index contributed by atoms with van der Waals surface area (Å²) in [5, 5.41) is 10.4. The number of ether oxygens (including phenoxy) is 1. The summed E-state index contributed by atoms with van der Waals surface area (Å²) < 4.78 is 12.4. The zero-order valence-electron chi connectivity index (χ0n) is 18.6. The van der Waals surface area contributed by atoms with Crippen molar-refractivity contribution in [3.63, 3.8) is 0 Å². The number of nitrogens with zero attached hydrogens (tertiary/aromatic N) is 3. The third-order valence-corrected chi connectivity index (χ3v) is 6.25. The van der Waals surface area contributed by atoms with Crippen molar-refractivity contribution in [3.05, 3.63) is 63.2 Å². The molecule has 3 N–H and O–H groups in total. The maximum absolute atomic E-state index is 13.3. The molecular weight excluding hydrogens is 520 g/mol.